The maximum Gasteiger partial charge on any atom is 0.164 e. The number of fused-ring (bicyclic) bond motifs is 3. The van der Waals surface area contributed by atoms with E-state index in [2.05, 4.69) is 108 Å². The molecule has 1 radical (unpaired) electrons. The normalized spacial score (nSPS) is 12.6. The number of aliphatic hydroxyl groups excluding tert-OH is 1. The van der Waals surface area contributed by atoms with Gasteiger partial charge in [-0.25, -0.2) is 0 Å². The number of ketones is 1. The third-order valence-electron chi connectivity index (χ3n) is 11.7. The zero-order chi connectivity index (χ0) is 39.6. The molecule has 3 nitrogen and oxygen atoms in total. The maximum atomic E-state index is 12.2. The number of aryl methyl sites for hydroxylation is 1. The molecule has 0 fully saturated rings. The largest absolute Gasteiger partial charge is 0.512 e. The third-order valence-corrected chi connectivity index (χ3v) is 13.9. The second-order valence-electron chi connectivity index (χ2n) is 17.0. The van der Waals surface area contributed by atoms with Crippen LogP contribution in [0.4, 0.5) is 0 Å². The molecule has 0 bridgehead atoms. The fraction of sp³-hybridized carbons (Fsp3) is 0.429. The second kappa shape index (κ2) is 18.0. The van der Waals surface area contributed by atoms with Crippen LogP contribution in [0.5, 0.6) is 0 Å². The average Bonchev–Trinajstić information content (AvgIpc) is 3.72. The van der Waals surface area contributed by atoms with E-state index in [4.69, 9.17) is 4.98 Å². The summed E-state index contributed by atoms with van der Waals surface area (Å²) in [6.45, 7) is 25.8. The molecule has 1 N–H and O–H groups in total. The summed E-state index contributed by atoms with van der Waals surface area (Å²) in [5.41, 5.74) is 5.67. The van der Waals surface area contributed by atoms with Crippen LogP contribution in [-0.2, 0) is 36.7 Å². The Morgan fingerprint density at radius 2 is 1.51 bits per heavy atom. The first-order valence-electron chi connectivity index (χ1n) is 19.8. The molecule has 0 saturated carbocycles. The van der Waals surface area contributed by atoms with Gasteiger partial charge in [-0.3, -0.25) is 9.78 Å². The molecule has 0 unspecified atom stereocenters. The van der Waals surface area contributed by atoms with Crippen LogP contribution in [0, 0.1) is 29.7 Å². The molecule has 6 aromatic rings. The summed E-state index contributed by atoms with van der Waals surface area (Å²) in [6, 6.07) is 26.2. The van der Waals surface area contributed by atoms with E-state index in [1.807, 2.05) is 70.4 Å². The molecule has 295 valence electrons. The van der Waals surface area contributed by atoms with Gasteiger partial charge in [0.2, 0.25) is 0 Å². The van der Waals surface area contributed by atoms with Crippen molar-refractivity contribution < 1.29 is 30.0 Å². The van der Waals surface area contributed by atoms with Gasteiger partial charge in [-0.2, -0.15) is 0 Å². The van der Waals surface area contributed by atoms with Crippen molar-refractivity contribution in [2.45, 2.75) is 121 Å². The van der Waals surface area contributed by atoms with E-state index in [1.165, 1.54) is 58.1 Å². The molecule has 0 atom stereocenters. The topological polar surface area (TPSA) is 50.2 Å². The van der Waals surface area contributed by atoms with Gasteiger partial charge in [0.1, 0.15) is 5.76 Å². The number of benzene rings is 3. The summed E-state index contributed by atoms with van der Waals surface area (Å²) in [6.07, 6.45) is 7.83. The van der Waals surface area contributed by atoms with Crippen molar-refractivity contribution in [3.8, 4) is 21.7 Å². The van der Waals surface area contributed by atoms with Crippen LogP contribution in [0.1, 0.15) is 118 Å². The quantitative estimate of drug-likeness (QED) is 0.0800. The number of carbonyl (C=O) groups excluding carboxylic acids is 1. The van der Waals surface area contributed by atoms with Crippen LogP contribution in [0.2, 0.25) is 0 Å². The summed E-state index contributed by atoms with van der Waals surface area (Å²) >= 11 is 3.78. The van der Waals surface area contributed by atoms with Crippen molar-refractivity contribution >= 4 is 59.4 Å². The van der Waals surface area contributed by atoms with Crippen molar-refractivity contribution in [1.29, 1.82) is 0 Å². The molecule has 0 aliphatic rings. The van der Waals surface area contributed by atoms with Crippen molar-refractivity contribution in [2.75, 3.05) is 0 Å². The first-order valence-corrected chi connectivity index (χ1v) is 21.4. The number of hydrogen-bond donors (Lipinski definition) is 1. The fourth-order valence-electron chi connectivity index (χ4n) is 7.11. The van der Waals surface area contributed by atoms with E-state index in [0.29, 0.717) is 5.92 Å². The SMILES string of the molecule is CCC(C)(CC)C(=O)/C=C(\O)C(C)(CC)CC.Cc1sc2cc(CC(C)C)ccc2c1-c1cc2ccnc(-c3[c-]c4ccccc4c(C(C)(C)C)c3)c2s1.[Ir]. The van der Waals surface area contributed by atoms with E-state index in [0.717, 1.165) is 48.7 Å². The molecule has 3 heterocycles. The van der Waals surface area contributed by atoms with E-state index < -0.39 is 0 Å². The summed E-state index contributed by atoms with van der Waals surface area (Å²) < 4.78 is 2.62. The monoisotopic (exact) mass is 951 g/mol. The Bertz CT molecular complexity index is 2290. The van der Waals surface area contributed by atoms with Gasteiger partial charge in [0.25, 0.3) is 0 Å². The molecule has 0 amide bonds. The summed E-state index contributed by atoms with van der Waals surface area (Å²) in [7, 11) is 0. The van der Waals surface area contributed by atoms with Crippen LogP contribution >= 0.6 is 22.7 Å². The number of pyridine rings is 1. The molecular weight excluding hydrogens is 891 g/mol. The van der Waals surface area contributed by atoms with Gasteiger partial charge in [0, 0.05) is 79.0 Å². The number of hydrogen-bond acceptors (Lipinski definition) is 5. The molecule has 6 rings (SSSR count). The summed E-state index contributed by atoms with van der Waals surface area (Å²) in [5, 5.41) is 15.2. The van der Waals surface area contributed by atoms with Crippen LogP contribution in [-0.4, -0.2) is 15.9 Å². The number of thiophene rings is 2. The first-order chi connectivity index (χ1) is 25.5. The molecule has 3 aromatic carbocycles. The molecule has 0 saturated heterocycles. The number of aromatic nitrogens is 1. The van der Waals surface area contributed by atoms with E-state index in [-0.39, 0.29) is 47.9 Å². The fourth-order valence-corrected chi connectivity index (χ4v) is 9.59. The second-order valence-corrected chi connectivity index (χ2v) is 19.3. The minimum Gasteiger partial charge on any atom is -0.512 e. The molecule has 6 heteroatoms. The van der Waals surface area contributed by atoms with Gasteiger partial charge in [0.05, 0.1) is 0 Å². The number of allylic oxidation sites excluding steroid dienone is 2. The predicted molar refractivity (Wildman–Crippen MR) is 237 cm³/mol. The van der Waals surface area contributed by atoms with E-state index in [1.54, 1.807) is 0 Å². The standard InChI is InChI=1S/C34H32NS2.C15H28O2.Ir/c1-20(2)15-22-11-12-27-29(16-22)36-21(3)31(27)30-19-24-13-14-35-32(33(24)37-30)25-17-23-9-7-8-10-26(23)28(18-25)34(4,5)6;1-7-14(5,8-2)12(16)11-13(17)15(6,9-3)10-4;/h7-14,16,18-20H,15H2,1-6H3;11,16H,7-10H2,1-6H3;/q-1;;/b;12-11-;. The van der Waals surface area contributed by atoms with E-state index in [9.17, 15) is 9.90 Å². The minimum atomic E-state index is -0.337. The Labute approximate surface area is 352 Å². The van der Waals surface area contributed by atoms with Gasteiger partial charge < -0.3 is 5.11 Å². The first kappa shape index (κ1) is 44.6. The van der Waals surface area contributed by atoms with Crippen molar-refractivity contribution in [3.05, 3.63) is 101 Å². The Morgan fingerprint density at radius 1 is 0.855 bits per heavy atom. The molecule has 3 aromatic heterocycles. The molecule has 0 aliphatic carbocycles. The van der Waals surface area contributed by atoms with E-state index >= 15 is 0 Å². The van der Waals surface area contributed by atoms with Gasteiger partial charge in [-0.05, 0) is 79.5 Å². The van der Waals surface area contributed by atoms with Crippen LogP contribution < -0.4 is 0 Å². The molecule has 0 aliphatic heterocycles. The average molecular weight is 951 g/mol. The maximum absolute atomic E-state index is 12.2. The Balaban J connectivity index is 0.000000320. The molecule has 55 heavy (non-hydrogen) atoms. The predicted octanol–water partition coefficient (Wildman–Crippen LogP) is 15.3. The zero-order valence-corrected chi connectivity index (χ0v) is 39.0. The van der Waals surface area contributed by atoms with Gasteiger partial charge in [-0.15, -0.1) is 51.8 Å². The molecule has 0 spiro atoms. The summed E-state index contributed by atoms with van der Waals surface area (Å²) in [5.74, 6) is 0.950. The number of carbonyl (C=O) groups is 1. The van der Waals surface area contributed by atoms with Crippen molar-refractivity contribution in [3.63, 3.8) is 0 Å². The zero-order valence-electron chi connectivity index (χ0n) is 35.0. The van der Waals surface area contributed by atoms with Crippen molar-refractivity contribution in [1.82, 2.24) is 4.98 Å². The minimum absolute atomic E-state index is 0. The van der Waals surface area contributed by atoms with Gasteiger partial charge in [-0.1, -0.05) is 117 Å². The van der Waals surface area contributed by atoms with Crippen LogP contribution in [0.15, 0.2) is 78.7 Å². The Kier molecular flexibility index (Phi) is 14.6. The van der Waals surface area contributed by atoms with Crippen LogP contribution in [0.3, 0.4) is 0 Å². The number of nitrogens with zero attached hydrogens (tertiary/aromatic N) is 1. The Hall–Kier alpha value is -3.15. The summed E-state index contributed by atoms with van der Waals surface area (Å²) in [4.78, 5) is 19.8. The smallest absolute Gasteiger partial charge is 0.164 e. The van der Waals surface area contributed by atoms with Crippen LogP contribution in [0.25, 0.3) is 52.6 Å². The van der Waals surface area contributed by atoms with Gasteiger partial charge >= 0.3 is 0 Å². The number of rotatable bonds is 11. The number of aliphatic hydroxyl groups is 1. The Morgan fingerprint density at radius 3 is 2.13 bits per heavy atom. The van der Waals surface area contributed by atoms with Crippen molar-refractivity contribution in [2.24, 2.45) is 16.7 Å². The molecular formula is C49H60IrNO2S2-. The third kappa shape index (κ3) is 9.53. The van der Waals surface area contributed by atoms with Gasteiger partial charge in [0.15, 0.2) is 5.78 Å².